The Kier molecular flexibility index (Phi) is 5.94. The number of pyridine rings is 2. The zero-order valence-corrected chi connectivity index (χ0v) is 21.7. The molecule has 5 aromatic rings. The first kappa shape index (κ1) is 23.3. The van der Waals surface area contributed by atoms with Gasteiger partial charge < -0.3 is 9.80 Å². The van der Waals surface area contributed by atoms with Crippen molar-refractivity contribution in [3.63, 3.8) is 0 Å². The van der Waals surface area contributed by atoms with Crippen LogP contribution in [0.5, 0.6) is 0 Å². The Morgan fingerprint density at radius 1 is 0.946 bits per heavy atom. The van der Waals surface area contributed by atoms with Gasteiger partial charge in [0.25, 0.3) is 0 Å². The third-order valence-corrected chi connectivity index (χ3v) is 7.56. The highest BCUT2D eigenvalue weighted by Gasteiger charge is 2.27. The maximum atomic E-state index is 10.2. The molecule has 37 heavy (non-hydrogen) atoms. The normalized spacial score (nSPS) is 13.9. The first-order valence-electron chi connectivity index (χ1n) is 12.5. The van der Waals surface area contributed by atoms with Gasteiger partial charge in [-0.15, -0.1) is 0 Å². The number of halogens is 1. The largest absolute Gasteiger partial charge is 0.354 e. The molecule has 0 N–H and O–H groups in total. The average molecular weight is 507 g/mol. The fraction of sp³-hybridized carbons (Fsp3) is 0.233. The predicted octanol–water partition coefficient (Wildman–Crippen LogP) is 5.94. The van der Waals surface area contributed by atoms with E-state index in [4.69, 9.17) is 16.6 Å². The van der Waals surface area contributed by atoms with E-state index in [1.807, 2.05) is 42.6 Å². The SMILES string of the molecule is Cc1ccnc(N2CCN(c3c(Cc4ccc(Cl)cc4)c(C)c(C#N)c4nc5ccccc5n34)CC2)c1. The number of imidazole rings is 1. The van der Waals surface area contributed by atoms with E-state index in [0.29, 0.717) is 12.0 Å². The van der Waals surface area contributed by atoms with Crippen molar-refractivity contribution < 1.29 is 0 Å². The minimum atomic E-state index is 0.631. The van der Waals surface area contributed by atoms with Crippen LogP contribution in [0.15, 0.2) is 66.9 Å². The lowest BCUT2D eigenvalue weighted by Gasteiger charge is -2.38. The maximum absolute atomic E-state index is 10.2. The van der Waals surface area contributed by atoms with Crippen LogP contribution in [-0.4, -0.2) is 40.5 Å². The van der Waals surface area contributed by atoms with Crippen molar-refractivity contribution in [2.45, 2.75) is 20.3 Å². The molecule has 0 atom stereocenters. The predicted molar refractivity (Wildman–Crippen MR) is 150 cm³/mol. The number of aromatic nitrogens is 3. The summed E-state index contributed by atoms with van der Waals surface area (Å²) in [4.78, 5) is 14.3. The average Bonchev–Trinajstić information content (AvgIpc) is 3.29. The van der Waals surface area contributed by atoms with Gasteiger partial charge in [0.1, 0.15) is 17.7 Å². The number of nitrogens with zero attached hydrogens (tertiary/aromatic N) is 6. The Labute approximate surface area is 221 Å². The lowest BCUT2D eigenvalue weighted by molar-refractivity contribution is 0.637. The molecule has 0 aliphatic carbocycles. The monoisotopic (exact) mass is 506 g/mol. The van der Waals surface area contributed by atoms with Crippen LogP contribution in [0.3, 0.4) is 0 Å². The van der Waals surface area contributed by atoms with Crippen molar-refractivity contribution >= 4 is 39.9 Å². The Morgan fingerprint density at radius 3 is 2.41 bits per heavy atom. The van der Waals surface area contributed by atoms with Gasteiger partial charge in [-0.3, -0.25) is 4.40 Å². The van der Waals surface area contributed by atoms with Crippen molar-refractivity contribution in [3.05, 3.63) is 99.7 Å². The molecule has 2 aromatic carbocycles. The molecule has 6 nitrogen and oxygen atoms in total. The van der Waals surface area contributed by atoms with Crippen molar-refractivity contribution in [2.24, 2.45) is 0 Å². The summed E-state index contributed by atoms with van der Waals surface area (Å²) >= 11 is 6.18. The van der Waals surface area contributed by atoms with Crippen molar-refractivity contribution in [1.82, 2.24) is 14.4 Å². The number of hydrogen-bond donors (Lipinski definition) is 0. The quantitative estimate of drug-likeness (QED) is 0.302. The summed E-state index contributed by atoms with van der Waals surface area (Å²) in [6.07, 6.45) is 2.58. The summed E-state index contributed by atoms with van der Waals surface area (Å²) in [5.41, 5.74) is 7.77. The minimum absolute atomic E-state index is 0.631. The summed E-state index contributed by atoms with van der Waals surface area (Å²) in [5, 5.41) is 10.9. The number of benzene rings is 2. The van der Waals surface area contributed by atoms with Crippen LogP contribution in [0.4, 0.5) is 11.6 Å². The molecule has 1 fully saturated rings. The second-order valence-electron chi connectivity index (χ2n) is 9.64. The molecule has 0 spiro atoms. The lowest BCUT2D eigenvalue weighted by atomic mass is 9.97. The highest BCUT2D eigenvalue weighted by atomic mass is 35.5. The smallest absolute Gasteiger partial charge is 0.157 e. The number of rotatable bonds is 4. The molecule has 0 radical (unpaired) electrons. The fourth-order valence-electron chi connectivity index (χ4n) is 5.35. The standard InChI is InChI=1S/C30H27ClN6/c1-20-11-12-33-28(17-20)35-13-15-36(16-14-35)30-24(18-22-7-9-23(31)10-8-22)21(2)25(19-32)29-34-26-5-3-4-6-27(26)37(29)30/h3-12,17H,13-16,18H2,1-2H3. The highest BCUT2D eigenvalue weighted by molar-refractivity contribution is 6.30. The zero-order valence-electron chi connectivity index (χ0n) is 20.9. The Bertz CT molecular complexity index is 1660. The van der Waals surface area contributed by atoms with E-state index in [1.165, 1.54) is 5.56 Å². The Balaban J connectivity index is 1.50. The molecule has 7 heteroatoms. The summed E-state index contributed by atoms with van der Waals surface area (Å²) in [6.45, 7) is 7.57. The van der Waals surface area contributed by atoms with Crippen molar-refractivity contribution in [3.8, 4) is 6.07 Å². The van der Waals surface area contributed by atoms with Gasteiger partial charge in [0.2, 0.25) is 0 Å². The summed E-state index contributed by atoms with van der Waals surface area (Å²) in [5.74, 6) is 2.14. The van der Waals surface area contributed by atoms with E-state index in [-0.39, 0.29) is 0 Å². The summed E-state index contributed by atoms with van der Waals surface area (Å²) in [6, 6.07) is 22.8. The molecular weight excluding hydrogens is 480 g/mol. The van der Waals surface area contributed by atoms with Crippen LogP contribution in [0, 0.1) is 25.2 Å². The molecule has 0 amide bonds. The second kappa shape index (κ2) is 9.42. The number of para-hydroxylation sites is 2. The molecule has 1 aliphatic rings. The van der Waals surface area contributed by atoms with Gasteiger partial charge in [0, 0.05) is 49.4 Å². The Hall–Kier alpha value is -4.08. The molecule has 0 saturated carbocycles. The third kappa shape index (κ3) is 4.16. The molecule has 0 unspecified atom stereocenters. The van der Waals surface area contributed by atoms with Crippen LogP contribution in [-0.2, 0) is 6.42 Å². The first-order chi connectivity index (χ1) is 18.0. The van der Waals surface area contributed by atoms with Gasteiger partial charge in [0.05, 0.1) is 16.6 Å². The van der Waals surface area contributed by atoms with Crippen LogP contribution in [0.25, 0.3) is 16.7 Å². The van der Waals surface area contributed by atoms with Gasteiger partial charge in [-0.05, 0) is 66.9 Å². The topological polar surface area (TPSA) is 60.5 Å². The highest BCUT2D eigenvalue weighted by Crippen LogP contribution is 2.35. The van der Waals surface area contributed by atoms with Crippen LogP contribution in [0.2, 0.25) is 5.02 Å². The lowest BCUT2D eigenvalue weighted by Crippen LogP contribution is -2.47. The molecule has 3 aromatic heterocycles. The first-order valence-corrected chi connectivity index (χ1v) is 12.9. The van der Waals surface area contributed by atoms with E-state index < -0.39 is 0 Å². The second-order valence-corrected chi connectivity index (χ2v) is 10.1. The van der Waals surface area contributed by atoms with Crippen molar-refractivity contribution in [1.29, 1.82) is 5.26 Å². The third-order valence-electron chi connectivity index (χ3n) is 7.30. The van der Waals surface area contributed by atoms with Crippen LogP contribution >= 0.6 is 11.6 Å². The molecule has 4 heterocycles. The zero-order chi connectivity index (χ0) is 25.5. The van der Waals surface area contributed by atoms with E-state index in [0.717, 1.165) is 76.2 Å². The molecular formula is C30H27ClN6. The van der Waals surface area contributed by atoms with Gasteiger partial charge in [-0.2, -0.15) is 5.26 Å². The molecule has 0 bridgehead atoms. The minimum Gasteiger partial charge on any atom is -0.354 e. The molecule has 6 rings (SSSR count). The number of anilines is 2. The fourth-order valence-corrected chi connectivity index (χ4v) is 5.48. The van der Waals surface area contributed by atoms with E-state index in [2.05, 4.69) is 63.4 Å². The molecule has 184 valence electrons. The summed E-state index contributed by atoms with van der Waals surface area (Å²) in [7, 11) is 0. The van der Waals surface area contributed by atoms with Crippen LogP contribution in [0.1, 0.15) is 27.8 Å². The molecule has 1 aliphatic heterocycles. The van der Waals surface area contributed by atoms with Crippen molar-refractivity contribution in [2.75, 3.05) is 36.0 Å². The molecule has 1 saturated heterocycles. The van der Waals surface area contributed by atoms with E-state index in [9.17, 15) is 5.26 Å². The number of aryl methyl sites for hydroxylation is 1. The number of hydrogen-bond acceptors (Lipinski definition) is 5. The maximum Gasteiger partial charge on any atom is 0.157 e. The van der Waals surface area contributed by atoms with E-state index in [1.54, 1.807) is 0 Å². The summed E-state index contributed by atoms with van der Waals surface area (Å²) < 4.78 is 2.20. The number of nitriles is 1. The number of piperazine rings is 1. The van der Waals surface area contributed by atoms with Gasteiger partial charge in [0.15, 0.2) is 5.65 Å². The van der Waals surface area contributed by atoms with Crippen LogP contribution < -0.4 is 9.80 Å². The Morgan fingerprint density at radius 2 is 1.68 bits per heavy atom. The van der Waals surface area contributed by atoms with E-state index >= 15 is 0 Å². The van der Waals surface area contributed by atoms with Gasteiger partial charge in [-0.25, -0.2) is 9.97 Å². The van der Waals surface area contributed by atoms with Gasteiger partial charge >= 0.3 is 0 Å². The number of fused-ring (bicyclic) bond motifs is 3. The van der Waals surface area contributed by atoms with Gasteiger partial charge in [-0.1, -0.05) is 35.9 Å².